The predicted molar refractivity (Wildman–Crippen MR) is 117 cm³/mol. The van der Waals surface area contributed by atoms with Gasteiger partial charge in [-0.2, -0.15) is 13.2 Å². The monoisotopic (exact) mass is 486 g/mol. The number of nitrogens with zero attached hydrogens (tertiary/aromatic N) is 1. The third-order valence-corrected chi connectivity index (χ3v) is 6.91. The Bertz CT molecular complexity index is 1140. The molecule has 33 heavy (non-hydrogen) atoms. The number of anilines is 2. The molecule has 3 rings (SSSR count). The molecule has 180 valence electrons. The number of aliphatic hydroxyl groups is 1. The number of benzene rings is 2. The van der Waals surface area contributed by atoms with Gasteiger partial charge in [0.15, 0.2) is 0 Å². The van der Waals surface area contributed by atoms with E-state index in [0.717, 1.165) is 25.3 Å². The SMILES string of the molecule is CCc1ccc(C(=O)OC)cc1S(=O)(=O)Nc1cc(C(F)(F)F)ccc1N1CCC[C@@H](O)C1. The standard InChI is InChI=1S/C22H25F3N2O5S/c1-3-14-6-7-15(21(29)32-2)11-20(14)33(30,31)26-18-12-16(22(23,24)25)8-9-19(18)27-10-4-5-17(28)13-27/h6-9,11-12,17,26,28H,3-5,10,13H2,1-2H3/t17-/m1/s1. The van der Waals surface area contributed by atoms with E-state index in [0.29, 0.717) is 31.4 Å². The summed E-state index contributed by atoms with van der Waals surface area (Å²) in [7, 11) is -3.21. The first kappa shape index (κ1) is 24.8. The van der Waals surface area contributed by atoms with Crippen LogP contribution < -0.4 is 9.62 Å². The van der Waals surface area contributed by atoms with Crippen LogP contribution in [0.3, 0.4) is 0 Å². The highest BCUT2D eigenvalue weighted by molar-refractivity contribution is 7.92. The van der Waals surface area contributed by atoms with E-state index in [9.17, 15) is 31.5 Å². The zero-order valence-electron chi connectivity index (χ0n) is 18.1. The van der Waals surface area contributed by atoms with Gasteiger partial charge in [-0.05, 0) is 55.2 Å². The summed E-state index contributed by atoms with van der Waals surface area (Å²) in [6, 6.07) is 6.85. The molecular formula is C22H25F3N2O5S. The van der Waals surface area contributed by atoms with Crippen LogP contribution in [0.1, 0.15) is 41.3 Å². The molecule has 2 aromatic rings. The van der Waals surface area contributed by atoms with E-state index in [1.165, 1.54) is 18.2 Å². The van der Waals surface area contributed by atoms with Gasteiger partial charge in [0.2, 0.25) is 0 Å². The van der Waals surface area contributed by atoms with Crippen molar-refractivity contribution >= 4 is 27.4 Å². The van der Waals surface area contributed by atoms with Gasteiger partial charge in [-0.25, -0.2) is 13.2 Å². The maximum Gasteiger partial charge on any atom is 0.416 e. The van der Waals surface area contributed by atoms with Crippen LogP contribution in [0.4, 0.5) is 24.5 Å². The minimum absolute atomic E-state index is 0.00139. The molecule has 0 amide bonds. The second-order valence-corrected chi connectivity index (χ2v) is 9.40. The normalized spacial score (nSPS) is 17.0. The van der Waals surface area contributed by atoms with Crippen molar-refractivity contribution in [1.82, 2.24) is 0 Å². The lowest BCUT2D eigenvalue weighted by Gasteiger charge is -2.33. The van der Waals surface area contributed by atoms with E-state index >= 15 is 0 Å². The number of aliphatic hydroxyl groups excluding tert-OH is 1. The molecule has 1 fully saturated rings. The zero-order valence-corrected chi connectivity index (χ0v) is 19.0. The van der Waals surface area contributed by atoms with Crippen LogP contribution in [0.15, 0.2) is 41.3 Å². The Morgan fingerprint density at radius 1 is 1.24 bits per heavy atom. The number of hydrogen-bond donors (Lipinski definition) is 2. The summed E-state index contributed by atoms with van der Waals surface area (Å²) < 4.78 is 73.6. The lowest BCUT2D eigenvalue weighted by Crippen LogP contribution is -2.38. The summed E-state index contributed by atoms with van der Waals surface area (Å²) in [4.78, 5) is 13.3. The first-order valence-electron chi connectivity index (χ1n) is 10.3. The van der Waals surface area contributed by atoms with Crippen LogP contribution in [0.5, 0.6) is 0 Å². The summed E-state index contributed by atoms with van der Waals surface area (Å²) in [5.74, 6) is -0.740. The molecule has 7 nitrogen and oxygen atoms in total. The molecule has 0 spiro atoms. The third kappa shape index (κ3) is 5.59. The van der Waals surface area contributed by atoms with E-state index in [-0.39, 0.29) is 28.4 Å². The molecule has 1 saturated heterocycles. The van der Waals surface area contributed by atoms with Crippen molar-refractivity contribution in [3.8, 4) is 0 Å². The van der Waals surface area contributed by atoms with Crippen LogP contribution >= 0.6 is 0 Å². The second kappa shape index (κ2) is 9.60. The minimum Gasteiger partial charge on any atom is -0.465 e. The lowest BCUT2D eigenvalue weighted by molar-refractivity contribution is -0.137. The molecule has 2 N–H and O–H groups in total. The van der Waals surface area contributed by atoms with Gasteiger partial charge in [0, 0.05) is 13.1 Å². The van der Waals surface area contributed by atoms with E-state index < -0.39 is 33.8 Å². The Balaban J connectivity index is 2.09. The number of piperidine rings is 1. The fourth-order valence-corrected chi connectivity index (χ4v) is 5.19. The van der Waals surface area contributed by atoms with Gasteiger partial charge in [0.1, 0.15) is 0 Å². The Kier molecular flexibility index (Phi) is 7.23. The van der Waals surface area contributed by atoms with Crippen LogP contribution in [0.25, 0.3) is 0 Å². The largest absolute Gasteiger partial charge is 0.465 e. The molecule has 11 heteroatoms. The molecule has 2 aromatic carbocycles. The molecule has 1 aliphatic rings. The number of β-amino-alcohol motifs (C(OH)–C–C–N with tert-alkyl or cyclic N) is 1. The molecule has 0 unspecified atom stereocenters. The highest BCUT2D eigenvalue weighted by atomic mass is 32.2. The smallest absolute Gasteiger partial charge is 0.416 e. The first-order chi connectivity index (χ1) is 15.5. The molecule has 1 aliphatic heterocycles. The summed E-state index contributed by atoms with van der Waals surface area (Å²) >= 11 is 0. The molecule has 0 radical (unpaired) electrons. The Morgan fingerprint density at radius 3 is 2.58 bits per heavy atom. The number of carbonyl (C=O) groups is 1. The van der Waals surface area contributed by atoms with Crippen molar-refractivity contribution < 1.29 is 36.2 Å². The number of alkyl halides is 3. The van der Waals surface area contributed by atoms with Gasteiger partial charge in [0.25, 0.3) is 10.0 Å². The molecule has 0 aromatic heterocycles. The average Bonchev–Trinajstić information content (AvgIpc) is 2.77. The van der Waals surface area contributed by atoms with Gasteiger partial charge in [-0.15, -0.1) is 0 Å². The molecule has 1 heterocycles. The number of aryl methyl sites for hydroxylation is 1. The van der Waals surface area contributed by atoms with E-state index in [1.807, 2.05) is 0 Å². The van der Waals surface area contributed by atoms with E-state index in [1.54, 1.807) is 11.8 Å². The van der Waals surface area contributed by atoms with Crippen LogP contribution in [-0.2, 0) is 27.4 Å². The molecule has 0 saturated carbocycles. The van der Waals surface area contributed by atoms with Crippen LogP contribution in [0, 0.1) is 0 Å². The molecule has 0 aliphatic carbocycles. The fraction of sp³-hybridized carbons (Fsp3) is 0.409. The number of esters is 1. The van der Waals surface area contributed by atoms with Gasteiger partial charge in [-0.3, -0.25) is 4.72 Å². The number of halogens is 3. The van der Waals surface area contributed by atoms with Gasteiger partial charge < -0.3 is 14.7 Å². The van der Waals surface area contributed by atoms with Crippen molar-refractivity contribution in [1.29, 1.82) is 0 Å². The van der Waals surface area contributed by atoms with Crippen molar-refractivity contribution in [3.05, 3.63) is 53.1 Å². The quantitative estimate of drug-likeness (QED) is 0.603. The number of methoxy groups -OCH3 is 1. The van der Waals surface area contributed by atoms with Gasteiger partial charge >= 0.3 is 12.1 Å². The molecule has 0 bridgehead atoms. The maximum atomic E-state index is 13.4. The number of sulfonamides is 1. The van der Waals surface area contributed by atoms with Crippen LogP contribution in [0.2, 0.25) is 0 Å². The van der Waals surface area contributed by atoms with Crippen molar-refractivity contribution in [2.24, 2.45) is 0 Å². The minimum atomic E-state index is -4.68. The maximum absolute atomic E-state index is 13.4. The first-order valence-corrected chi connectivity index (χ1v) is 11.8. The number of ether oxygens (including phenoxy) is 1. The zero-order chi connectivity index (χ0) is 24.4. The fourth-order valence-electron chi connectivity index (χ4n) is 3.78. The summed E-state index contributed by atoms with van der Waals surface area (Å²) in [5.41, 5.74) is -0.659. The molecular weight excluding hydrogens is 461 g/mol. The number of rotatable bonds is 6. The summed E-state index contributed by atoms with van der Waals surface area (Å²) in [6.07, 6.45) is -3.88. The topological polar surface area (TPSA) is 95.9 Å². The van der Waals surface area contributed by atoms with Crippen molar-refractivity contribution in [2.45, 2.75) is 43.4 Å². The predicted octanol–water partition coefficient (Wildman–Crippen LogP) is 3.82. The van der Waals surface area contributed by atoms with Crippen molar-refractivity contribution in [3.63, 3.8) is 0 Å². The molecule has 1 atom stereocenters. The number of nitrogens with one attached hydrogen (secondary N) is 1. The highest BCUT2D eigenvalue weighted by Gasteiger charge is 2.33. The van der Waals surface area contributed by atoms with E-state index in [2.05, 4.69) is 9.46 Å². The second-order valence-electron chi connectivity index (χ2n) is 7.74. The number of carbonyl (C=O) groups excluding carboxylic acids is 1. The Labute approximate surface area is 190 Å². The Hall–Kier alpha value is -2.79. The van der Waals surface area contributed by atoms with Gasteiger partial charge in [0.05, 0.1) is 40.6 Å². The van der Waals surface area contributed by atoms with Crippen molar-refractivity contribution in [2.75, 3.05) is 29.8 Å². The third-order valence-electron chi connectivity index (χ3n) is 5.46. The summed E-state index contributed by atoms with van der Waals surface area (Å²) in [6.45, 7) is 2.34. The lowest BCUT2D eigenvalue weighted by atomic mass is 10.1. The highest BCUT2D eigenvalue weighted by Crippen LogP contribution is 2.37. The number of hydrogen-bond acceptors (Lipinski definition) is 6. The van der Waals surface area contributed by atoms with E-state index in [4.69, 9.17) is 0 Å². The summed E-state index contributed by atoms with van der Waals surface area (Å²) in [5, 5.41) is 10.00. The van der Waals surface area contributed by atoms with Gasteiger partial charge in [-0.1, -0.05) is 13.0 Å². The average molecular weight is 487 g/mol. The Morgan fingerprint density at radius 2 is 1.97 bits per heavy atom. The van der Waals surface area contributed by atoms with Crippen LogP contribution in [-0.4, -0.2) is 45.8 Å².